The summed E-state index contributed by atoms with van der Waals surface area (Å²) in [6.45, 7) is 8.59. The first kappa shape index (κ1) is 13.4. The van der Waals surface area contributed by atoms with Gasteiger partial charge in [0.15, 0.2) is 0 Å². The summed E-state index contributed by atoms with van der Waals surface area (Å²) in [6, 6.07) is 6.82. The normalized spacial score (nSPS) is 17.0. The smallest absolute Gasteiger partial charge is 0.0396 e. The van der Waals surface area contributed by atoms with Gasteiger partial charge in [-0.2, -0.15) is 0 Å². The topological polar surface area (TPSA) is 29.3 Å². The molecule has 1 fully saturated rings. The second-order valence-electron chi connectivity index (χ2n) is 6.26. The Balaban J connectivity index is 2.18. The van der Waals surface area contributed by atoms with Gasteiger partial charge in [-0.3, -0.25) is 0 Å². The van der Waals surface area contributed by atoms with Crippen molar-refractivity contribution in [2.75, 3.05) is 25.0 Å². The Morgan fingerprint density at radius 3 is 2.50 bits per heavy atom. The van der Waals surface area contributed by atoms with Gasteiger partial charge in [-0.15, -0.1) is 0 Å². The molecule has 0 atom stereocenters. The van der Waals surface area contributed by atoms with E-state index in [0.29, 0.717) is 11.3 Å². The third-order valence-electron chi connectivity index (χ3n) is 4.27. The molecule has 2 heteroatoms. The molecule has 0 heterocycles. The van der Waals surface area contributed by atoms with Crippen LogP contribution < -0.4 is 10.6 Å². The van der Waals surface area contributed by atoms with Crippen molar-refractivity contribution in [1.29, 1.82) is 0 Å². The van der Waals surface area contributed by atoms with Crippen molar-refractivity contribution in [3.63, 3.8) is 0 Å². The lowest BCUT2D eigenvalue weighted by molar-refractivity contribution is 0.523. The van der Waals surface area contributed by atoms with Gasteiger partial charge in [-0.25, -0.2) is 0 Å². The number of rotatable bonds is 5. The second kappa shape index (κ2) is 4.93. The Labute approximate surface area is 111 Å². The van der Waals surface area contributed by atoms with Gasteiger partial charge in [-0.05, 0) is 49.4 Å². The zero-order valence-corrected chi connectivity index (χ0v) is 12.2. The molecular weight excluding hydrogens is 220 g/mol. The molecule has 0 unspecified atom stereocenters. The van der Waals surface area contributed by atoms with E-state index in [-0.39, 0.29) is 0 Å². The van der Waals surface area contributed by atoms with E-state index in [1.54, 1.807) is 0 Å². The highest BCUT2D eigenvalue weighted by Gasteiger charge is 2.42. The van der Waals surface area contributed by atoms with Crippen LogP contribution in [0.4, 0.5) is 5.69 Å². The van der Waals surface area contributed by atoms with Gasteiger partial charge in [0.25, 0.3) is 0 Å². The van der Waals surface area contributed by atoms with Crippen molar-refractivity contribution in [2.45, 2.75) is 39.5 Å². The summed E-state index contributed by atoms with van der Waals surface area (Å²) in [4.78, 5) is 2.39. The minimum atomic E-state index is 0.398. The molecular formula is C16H26N2. The van der Waals surface area contributed by atoms with Crippen molar-refractivity contribution in [3.8, 4) is 0 Å². The molecule has 2 N–H and O–H groups in total. The SMILES string of the molecule is Cc1ccc(C(C)C)cc1N(C)CC1(CN)CC1. The summed E-state index contributed by atoms with van der Waals surface area (Å²) in [7, 11) is 2.20. The monoisotopic (exact) mass is 246 g/mol. The lowest BCUT2D eigenvalue weighted by atomic mass is 9.99. The van der Waals surface area contributed by atoms with Crippen LogP contribution in [0.15, 0.2) is 18.2 Å². The Morgan fingerprint density at radius 1 is 1.33 bits per heavy atom. The lowest BCUT2D eigenvalue weighted by Gasteiger charge is -2.27. The van der Waals surface area contributed by atoms with Crippen molar-refractivity contribution in [3.05, 3.63) is 29.3 Å². The summed E-state index contributed by atoms with van der Waals surface area (Å²) in [5.74, 6) is 0.585. The molecule has 0 aromatic heterocycles. The molecule has 0 bridgehead atoms. The van der Waals surface area contributed by atoms with E-state index < -0.39 is 0 Å². The van der Waals surface area contributed by atoms with E-state index in [2.05, 4.69) is 50.9 Å². The van der Waals surface area contributed by atoms with Crippen LogP contribution in [0.3, 0.4) is 0 Å². The molecule has 18 heavy (non-hydrogen) atoms. The maximum absolute atomic E-state index is 5.88. The Hall–Kier alpha value is -1.02. The molecule has 1 aliphatic rings. The zero-order valence-electron chi connectivity index (χ0n) is 12.2. The average molecular weight is 246 g/mol. The summed E-state index contributed by atoms with van der Waals surface area (Å²) < 4.78 is 0. The number of hydrogen-bond donors (Lipinski definition) is 1. The van der Waals surface area contributed by atoms with Crippen LogP contribution in [-0.4, -0.2) is 20.1 Å². The number of benzene rings is 1. The van der Waals surface area contributed by atoms with Crippen molar-refractivity contribution in [1.82, 2.24) is 0 Å². The molecule has 0 spiro atoms. The molecule has 1 aliphatic carbocycles. The minimum absolute atomic E-state index is 0.398. The van der Waals surface area contributed by atoms with Gasteiger partial charge < -0.3 is 10.6 Å². The van der Waals surface area contributed by atoms with Crippen molar-refractivity contribution >= 4 is 5.69 Å². The zero-order chi connectivity index (χ0) is 13.3. The third kappa shape index (κ3) is 2.69. The highest BCUT2D eigenvalue weighted by atomic mass is 15.1. The van der Waals surface area contributed by atoms with Crippen LogP contribution in [0, 0.1) is 12.3 Å². The molecule has 1 aromatic rings. The number of nitrogens with zero attached hydrogens (tertiary/aromatic N) is 1. The van der Waals surface area contributed by atoms with Gasteiger partial charge in [0.2, 0.25) is 0 Å². The van der Waals surface area contributed by atoms with Crippen LogP contribution in [0.1, 0.15) is 43.7 Å². The second-order valence-corrected chi connectivity index (χ2v) is 6.26. The average Bonchev–Trinajstić information content (AvgIpc) is 3.09. The molecule has 2 nitrogen and oxygen atoms in total. The molecule has 1 aromatic carbocycles. The standard InChI is InChI=1S/C16H26N2/c1-12(2)14-6-5-13(3)15(9-14)18(4)11-16(10-17)7-8-16/h5-6,9,12H,7-8,10-11,17H2,1-4H3. The first-order valence-electron chi connectivity index (χ1n) is 6.99. The quantitative estimate of drug-likeness (QED) is 0.864. The van der Waals surface area contributed by atoms with E-state index in [1.165, 1.54) is 29.7 Å². The highest BCUT2D eigenvalue weighted by Crippen LogP contribution is 2.45. The summed E-state index contributed by atoms with van der Waals surface area (Å²) in [5, 5.41) is 0. The van der Waals surface area contributed by atoms with Crippen LogP contribution in [0.2, 0.25) is 0 Å². The Bertz CT molecular complexity index is 419. The van der Waals surface area contributed by atoms with E-state index in [0.717, 1.165) is 13.1 Å². The number of hydrogen-bond acceptors (Lipinski definition) is 2. The third-order valence-corrected chi connectivity index (χ3v) is 4.27. The van der Waals surface area contributed by atoms with E-state index in [9.17, 15) is 0 Å². The lowest BCUT2D eigenvalue weighted by Crippen LogP contribution is -2.31. The highest BCUT2D eigenvalue weighted by molar-refractivity contribution is 5.55. The Kier molecular flexibility index (Phi) is 3.67. The van der Waals surface area contributed by atoms with Gasteiger partial charge in [0.1, 0.15) is 0 Å². The van der Waals surface area contributed by atoms with Crippen LogP contribution in [0.25, 0.3) is 0 Å². The summed E-state index contributed by atoms with van der Waals surface area (Å²) in [6.07, 6.45) is 2.58. The first-order chi connectivity index (χ1) is 8.47. The van der Waals surface area contributed by atoms with E-state index in [4.69, 9.17) is 5.73 Å². The number of nitrogens with two attached hydrogens (primary N) is 1. The van der Waals surface area contributed by atoms with Gasteiger partial charge in [0.05, 0.1) is 0 Å². The maximum Gasteiger partial charge on any atom is 0.0396 e. The fraction of sp³-hybridized carbons (Fsp3) is 0.625. The van der Waals surface area contributed by atoms with E-state index >= 15 is 0 Å². The molecule has 1 saturated carbocycles. The predicted octanol–water partition coefficient (Wildman–Crippen LogP) is 3.29. The van der Waals surface area contributed by atoms with Crippen molar-refractivity contribution in [2.24, 2.45) is 11.1 Å². The number of aryl methyl sites for hydroxylation is 1. The molecule has 0 saturated heterocycles. The fourth-order valence-electron chi connectivity index (χ4n) is 2.59. The molecule has 0 radical (unpaired) electrons. The summed E-state index contributed by atoms with van der Waals surface area (Å²) in [5.41, 5.74) is 10.4. The molecule has 0 aliphatic heterocycles. The van der Waals surface area contributed by atoms with Crippen LogP contribution >= 0.6 is 0 Å². The summed E-state index contributed by atoms with van der Waals surface area (Å²) >= 11 is 0. The first-order valence-corrected chi connectivity index (χ1v) is 6.99. The maximum atomic E-state index is 5.88. The van der Waals surface area contributed by atoms with Gasteiger partial charge in [0, 0.05) is 24.7 Å². The largest absolute Gasteiger partial charge is 0.374 e. The van der Waals surface area contributed by atoms with E-state index in [1.807, 2.05) is 0 Å². The Morgan fingerprint density at radius 2 is 2.00 bits per heavy atom. The predicted molar refractivity (Wildman–Crippen MR) is 79.3 cm³/mol. The fourth-order valence-corrected chi connectivity index (χ4v) is 2.59. The minimum Gasteiger partial charge on any atom is -0.374 e. The van der Waals surface area contributed by atoms with Crippen LogP contribution in [0.5, 0.6) is 0 Å². The van der Waals surface area contributed by atoms with Crippen LogP contribution in [-0.2, 0) is 0 Å². The van der Waals surface area contributed by atoms with Gasteiger partial charge in [-0.1, -0.05) is 26.0 Å². The van der Waals surface area contributed by atoms with Crippen molar-refractivity contribution < 1.29 is 0 Å². The number of anilines is 1. The molecule has 100 valence electrons. The van der Waals surface area contributed by atoms with Gasteiger partial charge >= 0.3 is 0 Å². The molecule has 0 amide bonds. The molecule has 2 rings (SSSR count).